The van der Waals surface area contributed by atoms with Crippen LogP contribution < -0.4 is 9.64 Å². The van der Waals surface area contributed by atoms with E-state index in [1.807, 2.05) is 6.07 Å². The van der Waals surface area contributed by atoms with Gasteiger partial charge in [0.15, 0.2) is 0 Å². The van der Waals surface area contributed by atoms with Crippen molar-refractivity contribution >= 4 is 11.7 Å². The van der Waals surface area contributed by atoms with Crippen LogP contribution in [0, 0.1) is 5.92 Å². The van der Waals surface area contributed by atoms with Gasteiger partial charge in [-0.25, -0.2) is 9.97 Å². The van der Waals surface area contributed by atoms with Crippen molar-refractivity contribution in [2.45, 2.75) is 44.6 Å². The smallest absolute Gasteiger partial charge is 0.226 e. The number of rotatable bonds is 4. The highest BCUT2D eigenvalue weighted by molar-refractivity contribution is 5.79. The number of piperidine rings is 2. The van der Waals surface area contributed by atoms with E-state index in [4.69, 9.17) is 4.74 Å². The van der Waals surface area contributed by atoms with Gasteiger partial charge in [0.2, 0.25) is 11.8 Å². The van der Waals surface area contributed by atoms with Crippen LogP contribution in [0.1, 0.15) is 38.5 Å². The molecule has 0 unspecified atom stereocenters. The van der Waals surface area contributed by atoms with Crippen LogP contribution in [0.25, 0.3) is 0 Å². The predicted molar refractivity (Wildman–Crippen MR) is 104 cm³/mol. The maximum atomic E-state index is 12.8. The molecule has 0 spiro atoms. The summed E-state index contributed by atoms with van der Waals surface area (Å²) in [4.78, 5) is 28.3. The second-order valence-electron chi connectivity index (χ2n) is 8.00. The average Bonchev–Trinajstić information content (AvgIpc) is 3.28. The van der Waals surface area contributed by atoms with Crippen molar-refractivity contribution in [1.29, 1.82) is 0 Å². The van der Waals surface area contributed by atoms with E-state index in [1.54, 1.807) is 13.4 Å². The van der Waals surface area contributed by atoms with Crippen molar-refractivity contribution in [3.8, 4) is 5.88 Å². The molecule has 3 fully saturated rings. The first kappa shape index (κ1) is 18.5. The Morgan fingerprint density at radius 3 is 2.56 bits per heavy atom. The predicted octanol–water partition coefficient (Wildman–Crippen LogP) is 1.79. The number of nitrogens with zero attached hydrogens (tertiary/aromatic N) is 5. The summed E-state index contributed by atoms with van der Waals surface area (Å²) in [5.74, 6) is 2.17. The van der Waals surface area contributed by atoms with Crippen molar-refractivity contribution in [2.24, 2.45) is 5.92 Å². The molecule has 0 bridgehead atoms. The fraction of sp³-hybridized carbons (Fsp3) is 0.750. The van der Waals surface area contributed by atoms with Crippen molar-refractivity contribution in [3.05, 3.63) is 12.4 Å². The van der Waals surface area contributed by atoms with Crippen LogP contribution in [0.5, 0.6) is 5.88 Å². The minimum absolute atomic E-state index is 0.209. The van der Waals surface area contributed by atoms with Gasteiger partial charge in [-0.1, -0.05) is 0 Å². The highest BCUT2D eigenvalue weighted by Gasteiger charge is 2.34. The lowest BCUT2D eigenvalue weighted by Gasteiger charge is -2.42. The third-order valence-electron chi connectivity index (χ3n) is 6.36. The van der Waals surface area contributed by atoms with Gasteiger partial charge in [0.25, 0.3) is 0 Å². The Labute approximate surface area is 161 Å². The third-order valence-corrected chi connectivity index (χ3v) is 6.36. The number of carbonyl (C=O) groups excluding carboxylic acids is 1. The van der Waals surface area contributed by atoms with Gasteiger partial charge in [0.1, 0.15) is 12.1 Å². The number of anilines is 1. The SMILES string of the molecule is COc1cc(N2CCC(N3CCC[C@@H](C(=O)N4CCCC4)C3)CC2)ncn1. The lowest BCUT2D eigenvalue weighted by Crippen LogP contribution is -2.51. The monoisotopic (exact) mass is 373 g/mol. The van der Waals surface area contributed by atoms with E-state index in [9.17, 15) is 4.79 Å². The normalized spacial score (nSPS) is 25.0. The first-order valence-electron chi connectivity index (χ1n) is 10.4. The summed E-state index contributed by atoms with van der Waals surface area (Å²) in [5, 5.41) is 0. The summed E-state index contributed by atoms with van der Waals surface area (Å²) in [6.45, 7) is 6.00. The quantitative estimate of drug-likeness (QED) is 0.802. The van der Waals surface area contributed by atoms with Gasteiger partial charge in [-0.3, -0.25) is 9.69 Å². The number of ether oxygens (including phenoxy) is 1. The van der Waals surface area contributed by atoms with E-state index in [0.717, 1.165) is 70.8 Å². The molecule has 4 rings (SSSR count). The van der Waals surface area contributed by atoms with Gasteiger partial charge in [0, 0.05) is 44.8 Å². The van der Waals surface area contributed by atoms with Crippen molar-refractivity contribution in [3.63, 3.8) is 0 Å². The number of hydrogen-bond acceptors (Lipinski definition) is 6. The van der Waals surface area contributed by atoms with Crippen LogP contribution in [-0.2, 0) is 4.79 Å². The minimum Gasteiger partial charge on any atom is -0.481 e. The fourth-order valence-corrected chi connectivity index (χ4v) is 4.81. The van der Waals surface area contributed by atoms with E-state index in [0.29, 0.717) is 17.8 Å². The average molecular weight is 374 g/mol. The molecular formula is C20H31N5O2. The third kappa shape index (κ3) is 4.18. The van der Waals surface area contributed by atoms with E-state index in [2.05, 4.69) is 24.7 Å². The molecule has 3 aliphatic heterocycles. The maximum Gasteiger partial charge on any atom is 0.226 e. The topological polar surface area (TPSA) is 61.8 Å². The fourth-order valence-electron chi connectivity index (χ4n) is 4.81. The lowest BCUT2D eigenvalue weighted by atomic mass is 9.93. The molecule has 3 saturated heterocycles. The Hall–Kier alpha value is -1.89. The summed E-state index contributed by atoms with van der Waals surface area (Å²) in [5.41, 5.74) is 0. The molecule has 0 radical (unpaired) electrons. The minimum atomic E-state index is 0.209. The molecule has 27 heavy (non-hydrogen) atoms. The molecule has 1 aromatic heterocycles. The largest absolute Gasteiger partial charge is 0.481 e. The standard InChI is InChI=1S/C20H31N5O2/c1-27-19-13-18(21-15-22-19)23-11-6-17(7-12-23)25-10-4-5-16(14-25)20(26)24-8-2-3-9-24/h13,15-17H,2-12,14H2,1H3/t16-/m1/s1. The second-order valence-corrected chi connectivity index (χ2v) is 8.00. The van der Waals surface area contributed by atoms with Gasteiger partial charge in [0.05, 0.1) is 13.0 Å². The van der Waals surface area contributed by atoms with E-state index < -0.39 is 0 Å². The molecule has 4 heterocycles. The lowest BCUT2D eigenvalue weighted by molar-refractivity contribution is -0.136. The molecular weight excluding hydrogens is 342 g/mol. The van der Waals surface area contributed by atoms with Crippen LogP contribution in [0.15, 0.2) is 12.4 Å². The summed E-state index contributed by atoms with van der Waals surface area (Å²) in [7, 11) is 1.63. The zero-order chi connectivity index (χ0) is 18.6. The number of aromatic nitrogens is 2. The van der Waals surface area contributed by atoms with Gasteiger partial charge in [-0.05, 0) is 45.1 Å². The molecule has 1 atom stereocenters. The first-order valence-corrected chi connectivity index (χ1v) is 10.4. The van der Waals surface area contributed by atoms with Crippen LogP contribution in [-0.4, -0.2) is 78.1 Å². The van der Waals surface area contributed by atoms with Crippen LogP contribution in [0.4, 0.5) is 5.82 Å². The molecule has 1 aromatic rings. The van der Waals surface area contributed by atoms with Crippen molar-refractivity contribution in [1.82, 2.24) is 19.8 Å². The van der Waals surface area contributed by atoms with Gasteiger partial charge >= 0.3 is 0 Å². The van der Waals surface area contributed by atoms with E-state index in [1.165, 1.54) is 12.8 Å². The molecule has 0 aromatic carbocycles. The zero-order valence-electron chi connectivity index (χ0n) is 16.3. The molecule has 0 aliphatic carbocycles. The number of methoxy groups -OCH3 is 1. The number of hydrogen-bond donors (Lipinski definition) is 0. The van der Waals surface area contributed by atoms with Gasteiger partial charge in [-0.15, -0.1) is 0 Å². The first-order chi connectivity index (χ1) is 13.2. The highest BCUT2D eigenvalue weighted by Crippen LogP contribution is 2.27. The summed E-state index contributed by atoms with van der Waals surface area (Å²) in [6.07, 6.45) is 8.37. The van der Waals surface area contributed by atoms with Crippen molar-refractivity contribution < 1.29 is 9.53 Å². The molecule has 7 heteroatoms. The zero-order valence-corrected chi connectivity index (χ0v) is 16.3. The number of amides is 1. The molecule has 7 nitrogen and oxygen atoms in total. The molecule has 0 saturated carbocycles. The molecule has 3 aliphatic rings. The van der Waals surface area contributed by atoms with Gasteiger partial charge < -0.3 is 14.5 Å². The van der Waals surface area contributed by atoms with Crippen LogP contribution in [0.2, 0.25) is 0 Å². The molecule has 1 amide bonds. The maximum absolute atomic E-state index is 12.8. The Bertz CT molecular complexity index is 641. The second kappa shape index (κ2) is 8.42. The summed E-state index contributed by atoms with van der Waals surface area (Å²) in [6, 6.07) is 2.49. The Balaban J connectivity index is 1.31. The molecule has 148 valence electrons. The Morgan fingerprint density at radius 1 is 1.04 bits per heavy atom. The Morgan fingerprint density at radius 2 is 1.81 bits per heavy atom. The Kier molecular flexibility index (Phi) is 5.76. The van der Waals surface area contributed by atoms with Crippen molar-refractivity contribution in [2.75, 3.05) is 51.3 Å². The van der Waals surface area contributed by atoms with Crippen LogP contribution >= 0.6 is 0 Å². The number of likely N-dealkylation sites (tertiary alicyclic amines) is 2. The van der Waals surface area contributed by atoms with Crippen LogP contribution in [0.3, 0.4) is 0 Å². The summed E-state index contributed by atoms with van der Waals surface area (Å²) < 4.78 is 5.22. The van der Waals surface area contributed by atoms with E-state index in [-0.39, 0.29) is 5.92 Å². The number of carbonyl (C=O) groups is 1. The van der Waals surface area contributed by atoms with E-state index >= 15 is 0 Å². The highest BCUT2D eigenvalue weighted by atomic mass is 16.5. The van der Waals surface area contributed by atoms with Gasteiger partial charge in [-0.2, -0.15) is 0 Å². The summed E-state index contributed by atoms with van der Waals surface area (Å²) >= 11 is 0. The molecule has 0 N–H and O–H groups in total.